The van der Waals surface area contributed by atoms with E-state index < -0.39 is 4.92 Å². The van der Waals surface area contributed by atoms with Gasteiger partial charge in [-0.15, -0.1) is 0 Å². The van der Waals surface area contributed by atoms with Crippen molar-refractivity contribution < 1.29 is 19.6 Å². The van der Waals surface area contributed by atoms with Crippen LogP contribution in [-0.2, 0) is 4.79 Å². The maximum atomic E-state index is 11.9. The minimum absolute atomic E-state index is 0.0394. The lowest BCUT2D eigenvalue weighted by molar-refractivity contribution is -0.385. The highest BCUT2D eigenvalue weighted by molar-refractivity contribution is 8.26. The first kappa shape index (κ1) is 15.3. The molecule has 1 aliphatic heterocycles. The number of carbonyl (C=O) groups excluding carboxylic acids is 1. The fraction of sp³-hybridized carbons (Fsp3) is 0.167. The van der Waals surface area contributed by atoms with Crippen molar-refractivity contribution in [2.24, 2.45) is 0 Å². The number of non-ortho nitro benzene ring substituents is 1. The number of phenolic OH excluding ortho intramolecular Hbond substituents is 1. The zero-order valence-corrected chi connectivity index (χ0v) is 12.7. The lowest BCUT2D eigenvalue weighted by Crippen LogP contribution is -2.22. The number of likely N-dealkylation sites (N-methyl/N-ethyl adjacent to an activating group) is 1. The Balaban J connectivity index is 2.54. The van der Waals surface area contributed by atoms with Gasteiger partial charge in [0.1, 0.15) is 4.32 Å². The number of nitro benzene ring substituents is 1. The van der Waals surface area contributed by atoms with E-state index in [4.69, 9.17) is 17.0 Å². The molecule has 0 aromatic heterocycles. The Labute approximate surface area is 129 Å². The van der Waals surface area contributed by atoms with E-state index in [1.807, 2.05) is 0 Å². The summed E-state index contributed by atoms with van der Waals surface area (Å²) in [5, 5.41) is 20.9. The number of hydrogen-bond donors (Lipinski definition) is 1. The van der Waals surface area contributed by atoms with Gasteiger partial charge in [-0.25, -0.2) is 0 Å². The highest BCUT2D eigenvalue weighted by atomic mass is 32.2. The zero-order valence-electron chi connectivity index (χ0n) is 11.0. The third-order valence-electron chi connectivity index (χ3n) is 2.79. The Bertz CT molecular complexity index is 686. The normalized spacial score (nSPS) is 16.7. The van der Waals surface area contributed by atoms with Gasteiger partial charge < -0.3 is 9.84 Å². The zero-order chi connectivity index (χ0) is 15.7. The summed E-state index contributed by atoms with van der Waals surface area (Å²) in [5.41, 5.74) is -0.127. The molecule has 9 heteroatoms. The molecule has 0 bridgehead atoms. The van der Waals surface area contributed by atoms with Crippen LogP contribution in [0.15, 0.2) is 17.0 Å². The van der Waals surface area contributed by atoms with Crippen molar-refractivity contribution in [3.63, 3.8) is 0 Å². The van der Waals surface area contributed by atoms with Crippen molar-refractivity contribution in [2.75, 3.05) is 14.2 Å². The molecular formula is C12H10N2O5S2. The van der Waals surface area contributed by atoms with E-state index in [0.29, 0.717) is 4.32 Å². The number of amides is 1. The first-order valence-corrected chi connectivity index (χ1v) is 6.84. The van der Waals surface area contributed by atoms with Gasteiger partial charge in [0.05, 0.1) is 23.0 Å². The van der Waals surface area contributed by atoms with Crippen molar-refractivity contribution in [1.29, 1.82) is 0 Å². The van der Waals surface area contributed by atoms with Gasteiger partial charge in [0.25, 0.3) is 11.6 Å². The number of carbonyl (C=O) groups is 1. The molecule has 0 atom stereocenters. The number of aromatic hydroxyl groups is 1. The molecule has 1 fully saturated rings. The maximum Gasteiger partial charge on any atom is 0.274 e. The predicted octanol–water partition coefficient (Wildman–Crippen LogP) is 2.14. The van der Waals surface area contributed by atoms with Crippen LogP contribution in [0.25, 0.3) is 6.08 Å². The first-order chi connectivity index (χ1) is 9.85. The molecule has 0 unspecified atom stereocenters. The molecule has 0 saturated carbocycles. The molecule has 110 valence electrons. The van der Waals surface area contributed by atoms with E-state index in [2.05, 4.69) is 0 Å². The minimum atomic E-state index is -0.607. The summed E-state index contributed by atoms with van der Waals surface area (Å²) in [6.07, 6.45) is 1.35. The predicted molar refractivity (Wildman–Crippen MR) is 82.2 cm³/mol. The monoisotopic (exact) mass is 326 g/mol. The van der Waals surface area contributed by atoms with Gasteiger partial charge in [-0.1, -0.05) is 24.0 Å². The second-order valence-electron chi connectivity index (χ2n) is 4.08. The van der Waals surface area contributed by atoms with E-state index in [1.54, 1.807) is 0 Å². The van der Waals surface area contributed by atoms with Crippen molar-refractivity contribution >= 4 is 46.0 Å². The number of thiocarbonyl (C=S) groups is 1. The number of ether oxygens (including phenoxy) is 1. The minimum Gasteiger partial charge on any atom is -0.504 e. The lowest BCUT2D eigenvalue weighted by Gasteiger charge is -2.07. The van der Waals surface area contributed by atoms with Crippen LogP contribution >= 0.6 is 24.0 Å². The summed E-state index contributed by atoms with van der Waals surface area (Å²) in [6.45, 7) is 0. The molecule has 1 saturated heterocycles. The van der Waals surface area contributed by atoms with E-state index >= 15 is 0 Å². The number of benzene rings is 1. The standard InChI is InChI=1S/C12H10N2O5S2/c1-13-11(16)9(21-12(13)20)4-6-3-7(14(17)18)5-8(19-2)10(6)15/h3-5,15H,1-2H3/b9-4-. The molecule has 1 aromatic carbocycles. The second kappa shape index (κ2) is 5.70. The van der Waals surface area contributed by atoms with Gasteiger partial charge in [0.15, 0.2) is 11.5 Å². The summed E-state index contributed by atoms with van der Waals surface area (Å²) in [6, 6.07) is 2.28. The topological polar surface area (TPSA) is 92.9 Å². The fourth-order valence-electron chi connectivity index (χ4n) is 1.67. The molecule has 7 nitrogen and oxygen atoms in total. The second-order valence-corrected chi connectivity index (χ2v) is 5.76. The molecule has 1 heterocycles. The number of methoxy groups -OCH3 is 1. The van der Waals surface area contributed by atoms with Crippen LogP contribution in [0.5, 0.6) is 11.5 Å². The van der Waals surface area contributed by atoms with E-state index in [-0.39, 0.29) is 33.6 Å². The number of rotatable bonds is 3. The molecule has 1 aliphatic rings. The van der Waals surface area contributed by atoms with Crippen molar-refractivity contribution in [3.05, 3.63) is 32.7 Å². The summed E-state index contributed by atoms with van der Waals surface area (Å²) in [4.78, 5) is 23.8. The van der Waals surface area contributed by atoms with Crippen molar-refractivity contribution in [1.82, 2.24) is 4.90 Å². The van der Waals surface area contributed by atoms with Crippen LogP contribution in [0.2, 0.25) is 0 Å². The Morgan fingerprint density at radius 2 is 2.19 bits per heavy atom. The van der Waals surface area contributed by atoms with Gasteiger partial charge >= 0.3 is 0 Å². The van der Waals surface area contributed by atoms with Crippen molar-refractivity contribution in [2.45, 2.75) is 0 Å². The van der Waals surface area contributed by atoms with Gasteiger partial charge in [-0.3, -0.25) is 19.8 Å². The number of thioether (sulfide) groups is 1. The van der Waals surface area contributed by atoms with Gasteiger partial charge in [0.2, 0.25) is 0 Å². The van der Waals surface area contributed by atoms with Crippen molar-refractivity contribution in [3.8, 4) is 11.5 Å². The molecule has 2 rings (SSSR count). The Hall–Kier alpha value is -2.13. The third-order valence-corrected chi connectivity index (χ3v) is 4.28. The highest BCUT2D eigenvalue weighted by Gasteiger charge is 2.29. The molecule has 1 aromatic rings. The van der Waals surface area contributed by atoms with Crippen LogP contribution < -0.4 is 4.74 Å². The smallest absolute Gasteiger partial charge is 0.274 e. The van der Waals surface area contributed by atoms with Crippen LogP contribution in [0.3, 0.4) is 0 Å². The summed E-state index contributed by atoms with van der Waals surface area (Å²) in [7, 11) is 2.82. The molecule has 0 aliphatic carbocycles. The number of hydrogen-bond acceptors (Lipinski definition) is 7. The van der Waals surface area contributed by atoms with Crippen LogP contribution in [-0.4, -0.2) is 39.3 Å². The number of phenols is 1. The lowest BCUT2D eigenvalue weighted by atomic mass is 10.1. The maximum absolute atomic E-state index is 11.9. The van der Waals surface area contributed by atoms with Gasteiger partial charge in [-0.2, -0.15) is 0 Å². The van der Waals surface area contributed by atoms with Gasteiger partial charge in [0, 0.05) is 18.7 Å². The third kappa shape index (κ3) is 2.83. The summed E-state index contributed by atoms with van der Waals surface area (Å²) >= 11 is 6.05. The fourth-order valence-corrected chi connectivity index (χ4v) is 2.84. The first-order valence-electron chi connectivity index (χ1n) is 5.62. The SMILES string of the molecule is COc1cc([N+](=O)[O-])cc(/C=C2\SC(=S)N(C)C2=O)c1O. The largest absolute Gasteiger partial charge is 0.504 e. The molecular weight excluding hydrogens is 316 g/mol. The average Bonchev–Trinajstić information content (AvgIpc) is 2.68. The van der Waals surface area contributed by atoms with E-state index in [1.165, 1.54) is 31.2 Å². The molecule has 1 N–H and O–H groups in total. The summed E-state index contributed by atoms with van der Waals surface area (Å²) < 4.78 is 5.28. The molecule has 0 radical (unpaired) electrons. The quantitative estimate of drug-likeness (QED) is 0.394. The number of nitro groups is 1. The molecule has 21 heavy (non-hydrogen) atoms. The average molecular weight is 326 g/mol. The Kier molecular flexibility index (Phi) is 4.14. The van der Waals surface area contributed by atoms with E-state index in [0.717, 1.165) is 17.8 Å². The molecule has 0 spiro atoms. The Morgan fingerprint density at radius 1 is 1.52 bits per heavy atom. The Morgan fingerprint density at radius 3 is 2.67 bits per heavy atom. The van der Waals surface area contributed by atoms with Crippen LogP contribution in [0.1, 0.15) is 5.56 Å². The molecule has 1 amide bonds. The summed E-state index contributed by atoms with van der Waals surface area (Å²) in [5.74, 6) is -0.637. The number of nitrogens with zero attached hydrogens (tertiary/aromatic N) is 2. The van der Waals surface area contributed by atoms with Crippen LogP contribution in [0.4, 0.5) is 5.69 Å². The highest BCUT2D eigenvalue weighted by Crippen LogP contribution is 2.38. The van der Waals surface area contributed by atoms with Crippen LogP contribution in [0, 0.1) is 10.1 Å². The van der Waals surface area contributed by atoms with Gasteiger partial charge in [-0.05, 0) is 6.08 Å². The van der Waals surface area contributed by atoms with E-state index in [9.17, 15) is 20.0 Å².